The number of aromatic amines is 1. The van der Waals surface area contributed by atoms with E-state index >= 15 is 4.79 Å². The van der Waals surface area contributed by atoms with Crippen molar-refractivity contribution in [1.82, 2.24) is 35.6 Å². The maximum atomic E-state index is 15.0. The van der Waals surface area contributed by atoms with Gasteiger partial charge in [0.1, 0.15) is 36.3 Å². The van der Waals surface area contributed by atoms with Crippen molar-refractivity contribution >= 4 is 46.3 Å². The normalized spacial score (nSPS) is 24.2. The Morgan fingerprint density at radius 1 is 0.689 bits per heavy atom. The van der Waals surface area contributed by atoms with E-state index in [2.05, 4.69) is 20.9 Å². The Labute approximate surface area is 356 Å². The molecule has 6 rings (SSSR count). The highest BCUT2D eigenvalue weighted by Gasteiger charge is 2.43. The van der Waals surface area contributed by atoms with Gasteiger partial charge in [0.25, 0.3) is 0 Å². The van der Waals surface area contributed by atoms with Gasteiger partial charge in [0.2, 0.25) is 35.4 Å². The van der Waals surface area contributed by atoms with Gasteiger partial charge in [0.05, 0.1) is 6.10 Å². The number of nitrogens with two attached hydrogens (primary N) is 1. The van der Waals surface area contributed by atoms with Crippen molar-refractivity contribution in [3.05, 3.63) is 108 Å². The first-order valence-corrected chi connectivity index (χ1v) is 21.1. The number of aliphatic hydroxyl groups excluding tert-OH is 1. The second-order valence-electron chi connectivity index (χ2n) is 16.2. The lowest BCUT2D eigenvalue weighted by molar-refractivity contribution is -0.150. The predicted octanol–water partition coefficient (Wildman–Crippen LogP) is 1.82. The van der Waals surface area contributed by atoms with E-state index in [-0.39, 0.29) is 32.2 Å². The van der Waals surface area contributed by atoms with E-state index in [9.17, 15) is 29.1 Å². The Kier molecular flexibility index (Phi) is 14.9. The zero-order valence-electron chi connectivity index (χ0n) is 35.1. The van der Waals surface area contributed by atoms with E-state index in [1.807, 2.05) is 84.9 Å². The highest BCUT2D eigenvalue weighted by molar-refractivity contribution is 5.99. The Morgan fingerprint density at radius 2 is 1.28 bits per heavy atom. The van der Waals surface area contributed by atoms with Gasteiger partial charge in [-0.3, -0.25) is 28.8 Å². The van der Waals surface area contributed by atoms with Crippen LogP contribution in [0.3, 0.4) is 0 Å². The van der Waals surface area contributed by atoms with Gasteiger partial charge in [-0.15, -0.1) is 0 Å². The number of benzene rings is 3. The van der Waals surface area contributed by atoms with E-state index in [1.165, 1.54) is 35.7 Å². The maximum absolute atomic E-state index is 15.0. The number of aliphatic hydroxyl groups is 1. The molecule has 15 nitrogen and oxygen atoms in total. The van der Waals surface area contributed by atoms with E-state index < -0.39 is 77.8 Å². The van der Waals surface area contributed by atoms with Crippen molar-refractivity contribution in [3.63, 3.8) is 0 Å². The topological polar surface area (TPSA) is 210 Å². The van der Waals surface area contributed by atoms with Crippen LogP contribution in [0.4, 0.5) is 0 Å². The van der Waals surface area contributed by atoms with Crippen LogP contribution in [0.5, 0.6) is 0 Å². The first-order chi connectivity index (χ1) is 29.4. The molecule has 3 aromatic carbocycles. The summed E-state index contributed by atoms with van der Waals surface area (Å²) < 4.78 is 0. The molecule has 2 aliphatic heterocycles. The standard InChI is InChI=1S/C46H58N8O7/c1-29(55)40-43(58)50-36(26-31-17-8-5-9-18-31)45(60)54-24-14-22-38(54)42(57)49-35(25-30-15-6-4-7-16-30)44(59)53(3)39(27-32-28-48-34-20-11-10-19-33(32)34)46(61)52(2)37(41(56)51-40)21-12-13-23-47/h4-11,15-20,28-29,35-40,48,55H,12-14,21-27,47H2,1-3H3,(H,49,57)(H,50,58)(H,51,56)/t29-,35+,36+,37+,38+,39-,40+/m1/s1. The summed E-state index contributed by atoms with van der Waals surface area (Å²) in [6.45, 7) is 1.92. The minimum atomic E-state index is -1.51. The minimum Gasteiger partial charge on any atom is -0.391 e. The van der Waals surface area contributed by atoms with E-state index in [0.717, 1.165) is 27.6 Å². The quantitative estimate of drug-likeness (QED) is 0.123. The van der Waals surface area contributed by atoms with Crippen molar-refractivity contribution in [2.24, 2.45) is 5.73 Å². The molecular formula is C46H58N8O7. The van der Waals surface area contributed by atoms with Crippen LogP contribution >= 0.6 is 0 Å². The van der Waals surface area contributed by atoms with Crippen LogP contribution in [0.25, 0.3) is 10.9 Å². The number of H-pyrrole nitrogens is 1. The second-order valence-corrected chi connectivity index (χ2v) is 16.2. The van der Waals surface area contributed by atoms with E-state index in [0.29, 0.717) is 32.2 Å². The molecule has 0 aliphatic carbocycles. The lowest BCUT2D eigenvalue weighted by atomic mass is 9.98. The zero-order valence-corrected chi connectivity index (χ0v) is 35.1. The van der Waals surface area contributed by atoms with Crippen LogP contribution in [-0.4, -0.2) is 130 Å². The summed E-state index contributed by atoms with van der Waals surface area (Å²) in [5, 5.41) is 20.3. The molecule has 324 valence electrons. The molecule has 15 heteroatoms. The second kappa shape index (κ2) is 20.5. The van der Waals surface area contributed by atoms with Crippen LogP contribution < -0.4 is 21.7 Å². The fourth-order valence-electron chi connectivity index (χ4n) is 8.46. The number of rotatable bonds is 11. The van der Waals surface area contributed by atoms with Crippen LogP contribution in [0.15, 0.2) is 91.1 Å². The molecule has 2 saturated heterocycles. The highest BCUT2D eigenvalue weighted by Crippen LogP contribution is 2.25. The fraction of sp³-hybridized carbons (Fsp3) is 0.435. The molecule has 6 amide bonds. The summed E-state index contributed by atoms with van der Waals surface area (Å²) in [4.78, 5) is 94.8. The summed E-state index contributed by atoms with van der Waals surface area (Å²) in [7, 11) is 3.00. The third-order valence-electron chi connectivity index (χ3n) is 11.9. The predicted molar refractivity (Wildman–Crippen MR) is 231 cm³/mol. The minimum absolute atomic E-state index is 0.0605. The van der Waals surface area contributed by atoms with Crippen LogP contribution in [0.2, 0.25) is 0 Å². The monoisotopic (exact) mass is 834 g/mol. The van der Waals surface area contributed by atoms with Gasteiger partial charge in [-0.25, -0.2) is 0 Å². The van der Waals surface area contributed by atoms with Crippen molar-refractivity contribution in [3.8, 4) is 0 Å². The maximum Gasteiger partial charge on any atom is 0.246 e. The smallest absolute Gasteiger partial charge is 0.246 e. The van der Waals surface area contributed by atoms with Crippen molar-refractivity contribution in [2.75, 3.05) is 27.2 Å². The van der Waals surface area contributed by atoms with Gasteiger partial charge >= 0.3 is 0 Å². The highest BCUT2D eigenvalue weighted by atomic mass is 16.3. The van der Waals surface area contributed by atoms with Crippen molar-refractivity contribution < 1.29 is 33.9 Å². The Bertz CT molecular complexity index is 2160. The molecule has 4 aromatic rings. The van der Waals surface area contributed by atoms with Crippen LogP contribution in [0.1, 0.15) is 55.7 Å². The van der Waals surface area contributed by atoms with Gasteiger partial charge < -0.3 is 46.5 Å². The summed E-state index contributed by atoms with van der Waals surface area (Å²) in [6.07, 6.45) is 2.58. The molecule has 61 heavy (non-hydrogen) atoms. The molecule has 0 bridgehead atoms. The molecule has 2 fully saturated rings. The van der Waals surface area contributed by atoms with E-state index in [1.54, 1.807) is 6.20 Å². The Balaban J connectivity index is 1.45. The third-order valence-corrected chi connectivity index (χ3v) is 11.9. The van der Waals surface area contributed by atoms with Crippen molar-refractivity contribution in [2.45, 2.75) is 101 Å². The lowest BCUT2D eigenvalue weighted by Crippen LogP contribution is -2.63. The van der Waals surface area contributed by atoms with Gasteiger partial charge in [0, 0.05) is 57.0 Å². The number of likely N-dealkylation sites (N-methyl/N-ethyl adjacent to an activating group) is 2. The number of nitrogens with zero attached hydrogens (tertiary/aromatic N) is 3. The van der Waals surface area contributed by atoms with Crippen LogP contribution in [0, 0.1) is 0 Å². The molecule has 1 aromatic heterocycles. The van der Waals surface area contributed by atoms with E-state index in [4.69, 9.17) is 5.73 Å². The zero-order chi connectivity index (χ0) is 43.6. The molecule has 2 aliphatic rings. The molecule has 0 spiro atoms. The first-order valence-electron chi connectivity index (χ1n) is 21.1. The number of hydrogen-bond acceptors (Lipinski definition) is 8. The van der Waals surface area contributed by atoms with Crippen LogP contribution in [-0.2, 0) is 48.0 Å². The Hall–Kier alpha value is -6.06. The molecule has 7 atom stereocenters. The lowest BCUT2D eigenvalue weighted by Gasteiger charge is -2.37. The summed E-state index contributed by atoms with van der Waals surface area (Å²) in [6, 6.07) is 18.8. The molecule has 7 N–H and O–H groups in total. The number of carbonyl (C=O) groups excluding carboxylic acids is 6. The molecule has 0 radical (unpaired) electrons. The number of hydrogen-bond donors (Lipinski definition) is 6. The Morgan fingerprint density at radius 3 is 1.92 bits per heavy atom. The van der Waals surface area contributed by atoms with Gasteiger partial charge in [-0.2, -0.15) is 0 Å². The number of carbonyl (C=O) groups is 6. The summed E-state index contributed by atoms with van der Waals surface area (Å²) >= 11 is 0. The summed E-state index contributed by atoms with van der Waals surface area (Å²) in [5.41, 5.74) is 8.93. The number of para-hydroxylation sites is 1. The van der Waals surface area contributed by atoms with Gasteiger partial charge in [-0.05, 0) is 68.3 Å². The molecule has 0 unspecified atom stereocenters. The number of nitrogens with one attached hydrogen (secondary N) is 4. The van der Waals surface area contributed by atoms with Gasteiger partial charge in [0.15, 0.2) is 0 Å². The summed E-state index contributed by atoms with van der Waals surface area (Å²) in [5.74, 6) is -3.64. The third kappa shape index (κ3) is 10.6. The number of fused-ring (bicyclic) bond motifs is 2. The molecular weight excluding hydrogens is 777 g/mol. The van der Waals surface area contributed by atoms with Crippen molar-refractivity contribution in [1.29, 1.82) is 0 Å². The molecule has 3 heterocycles. The molecule has 0 saturated carbocycles. The number of unbranched alkanes of at least 4 members (excludes halogenated alkanes) is 1. The number of aromatic nitrogens is 1. The van der Waals surface area contributed by atoms with Gasteiger partial charge in [-0.1, -0.05) is 78.9 Å². The SMILES string of the molecule is C[C@@H](O)[C@@H]1NC(=O)[C@H](CCCCN)N(C)C(=O)[C@@H](Cc2c[nH]c3ccccc23)N(C)C(=O)[C@H](Cc2ccccc2)NC(=O)[C@@H]2CCCN2C(=O)[C@H](Cc2ccccc2)NC1=O. The largest absolute Gasteiger partial charge is 0.391 e. The fourth-order valence-corrected chi connectivity index (χ4v) is 8.46. The average Bonchev–Trinajstić information content (AvgIpc) is 3.93. The number of amides is 6. The average molecular weight is 835 g/mol. The first kappa shape index (κ1) is 44.5.